The third-order valence-corrected chi connectivity index (χ3v) is 6.24. The molecule has 154 valence electrons. The minimum absolute atomic E-state index is 0.00811. The van der Waals surface area contributed by atoms with Gasteiger partial charge in [-0.25, -0.2) is 0 Å². The van der Waals surface area contributed by atoms with Gasteiger partial charge in [0.2, 0.25) is 11.8 Å². The van der Waals surface area contributed by atoms with E-state index in [9.17, 15) is 9.59 Å². The molecule has 29 heavy (non-hydrogen) atoms. The van der Waals surface area contributed by atoms with Crippen LogP contribution in [0.3, 0.4) is 0 Å². The number of amides is 2. The number of benzene rings is 2. The molecule has 7 heteroatoms. The number of anilines is 1. The molecular formula is C22H26N2O4S. The molecule has 1 N–H and O–H groups in total. The van der Waals surface area contributed by atoms with E-state index >= 15 is 0 Å². The first kappa shape index (κ1) is 21.0. The lowest BCUT2D eigenvalue weighted by Crippen LogP contribution is -2.46. The van der Waals surface area contributed by atoms with Gasteiger partial charge in [-0.05, 0) is 42.7 Å². The van der Waals surface area contributed by atoms with Gasteiger partial charge in [-0.1, -0.05) is 25.1 Å². The maximum atomic E-state index is 12.8. The molecule has 1 heterocycles. The second-order valence-corrected chi connectivity index (χ2v) is 7.94. The molecule has 2 aromatic rings. The monoisotopic (exact) mass is 414 g/mol. The number of hydrogen-bond donors (Lipinski definition) is 1. The largest absolute Gasteiger partial charge is 0.493 e. The second-order valence-electron chi connectivity index (χ2n) is 6.70. The maximum absolute atomic E-state index is 12.8. The van der Waals surface area contributed by atoms with Crippen LogP contribution in [-0.4, -0.2) is 44.4 Å². The number of rotatable bonds is 8. The summed E-state index contributed by atoms with van der Waals surface area (Å²) in [6, 6.07) is 13.4. The Labute approximate surface area is 175 Å². The second kappa shape index (κ2) is 9.69. The van der Waals surface area contributed by atoms with E-state index < -0.39 is 0 Å². The molecule has 3 rings (SSSR count). The van der Waals surface area contributed by atoms with Gasteiger partial charge in [0.25, 0.3) is 0 Å². The summed E-state index contributed by atoms with van der Waals surface area (Å²) in [5, 5.41) is 2.77. The van der Waals surface area contributed by atoms with Crippen LogP contribution in [0.15, 0.2) is 47.4 Å². The van der Waals surface area contributed by atoms with Crippen molar-refractivity contribution in [1.29, 1.82) is 0 Å². The topological polar surface area (TPSA) is 67.9 Å². The van der Waals surface area contributed by atoms with E-state index in [1.54, 1.807) is 30.9 Å². The van der Waals surface area contributed by atoms with E-state index in [0.29, 0.717) is 24.5 Å². The van der Waals surface area contributed by atoms with Crippen molar-refractivity contribution >= 4 is 29.3 Å². The van der Waals surface area contributed by atoms with Crippen molar-refractivity contribution in [2.45, 2.75) is 29.9 Å². The molecule has 0 fully saturated rings. The van der Waals surface area contributed by atoms with Crippen molar-refractivity contribution in [2.75, 3.05) is 32.2 Å². The van der Waals surface area contributed by atoms with Crippen molar-refractivity contribution in [1.82, 2.24) is 5.32 Å². The van der Waals surface area contributed by atoms with Crippen LogP contribution in [0.1, 0.15) is 18.9 Å². The number of thioether (sulfide) groups is 1. The zero-order valence-electron chi connectivity index (χ0n) is 16.9. The minimum atomic E-state index is -0.171. The standard InChI is InChI=1S/C22H26N2O4S/c1-4-19-22(26)24(16-7-5-6-8-20(16)29-19)14-21(25)23-12-11-15-9-10-17(27-2)18(13-15)28-3/h5-10,13,19H,4,11-12,14H2,1-3H3,(H,23,25)/t19-/m1/s1. The number of nitrogens with zero attached hydrogens (tertiary/aromatic N) is 1. The number of nitrogens with one attached hydrogen (secondary N) is 1. The molecule has 0 saturated carbocycles. The Morgan fingerprint density at radius 2 is 1.90 bits per heavy atom. The lowest BCUT2D eigenvalue weighted by molar-refractivity contribution is -0.123. The molecule has 1 atom stereocenters. The van der Waals surface area contributed by atoms with Crippen LogP contribution >= 0.6 is 11.8 Å². The summed E-state index contributed by atoms with van der Waals surface area (Å²) in [5.41, 5.74) is 1.84. The quantitative estimate of drug-likeness (QED) is 0.718. The molecule has 6 nitrogen and oxygen atoms in total. The Kier molecular flexibility index (Phi) is 7.04. The first-order valence-corrected chi connectivity index (χ1v) is 10.5. The molecule has 0 aromatic heterocycles. The van der Waals surface area contributed by atoms with Gasteiger partial charge in [0.15, 0.2) is 11.5 Å². The summed E-state index contributed by atoms with van der Waals surface area (Å²) in [6.07, 6.45) is 1.39. The van der Waals surface area contributed by atoms with E-state index in [2.05, 4.69) is 5.32 Å². The van der Waals surface area contributed by atoms with Crippen LogP contribution in [0.4, 0.5) is 5.69 Å². The van der Waals surface area contributed by atoms with E-state index in [0.717, 1.165) is 22.6 Å². The summed E-state index contributed by atoms with van der Waals surface area (Å²) in [5.74, 6) is 1.16. The van der Waals surface area contributed by atoms with E-state index in [4.69, 9.17) is 9.47 Å². The Morgan fingerprint density at radius 1 is 1.14 bits per heavy atom. The molecule has 0 saturated heterocycles. The minimum Gasteiger partial charge on any atom is -0.493 e. The lowest BCUT2D eigenvalue weighted by atomic mass is 10.1. The first-order chi connectivity index (χ1) is 14.1. The summed E-state index contributed by atoms with van der Waals surface area (Å²) in [4.78, 5) is 27.9. The van der Waals surface area contributed by atoms with Crippen LogP contribution in [0.25, 0.3) is 0 Å². The predicted octanol–water partition coefficient (Wildman–Crippen LogP) is 3.28. The highest BCUT2D eigenvalue weighted by atomic mass is 32.2. The lowest BCUT2D eigenvalue weighted by Gasteiger charge is -2.32. The zero-order chi connectivity index (χ0) is 20.8. The fraction of sp³-hybridized carbons (Fsp3) is 0.364. The summed E-state index contributed by atoms with van der Waals surface area (Å²) < 4.78 is 10.6. The molecule has 1 aliphatic heterocycles. The van der Waals surface area contributed by atoms with Crippen LogP contribution in [-0.2, 0) is 16.0 Å². The Bertz CT molecular complexity index is 887. The SMILES string of the molecule is CC[C@H]1Sc2ccccc2N(CC(=O)NCCc2ccc(OC)c(OC)c2)C1=O. The number of hydrogen-bond acceptors (Lipinski definition) is 5. The molecule has 2 amide bonds. The number of fused-ring (bicyclic) bond motifs is 1. The smallest absolute Gasteiger partial charge is 0.240 e. The molecule has 0 aliphatic carbocycles. The molecule has 0 bridgehead atoms. The molecule has 1 aliphatic rings. The fourth-order valence-electron chi connectivity index (χ4n) is 3.28. The highest BCUT2D eigenvalue weighted by molar-refractivity contribution is 8.01. The van der Waals surface area contributed by atoms with Crippen LogP contribution in [0.2, 0.25) is 0 Å². The zero-order valence-corrected chi connectivity index (χ0v) is 17.8. The van der Waals surface area contributed by atoms with Gasteiger partial charge >= 0.3 is 0 Å². The van der Waals surface area contributed by atoms with Gasteiger partial charge in [-0.15, -0.1) is 11.8 Å². The van der Waals surface area contributed by atoms with E-state index in [1.165, 1.54) is 0 Å². The van der Waals surface area contributed by atoms with Crippen molar-refractivity contribution in [3.63, 3.8) is 0 Å². The average Bonchev–Trinajstić information content (AvgIpc) is 2.75. The number of ether oxygens (including phenoxy) is 2. The molecule has 0 unspecified atom stereocenters. The first-order valence-electron chi connectivity index (χ1n) is 9.62. The van der Waals surface area contributed by atoms with Gasteiger partial charge in [-0.3, -0.25) is 9.59 Å². The summed E-state index contributed by atoms with van der Waals surface area (Å²) >= 11 is 1.57. The summed E-state index contributed by atoms with van der Waals surface area (Å²) in [6.45, 7) is 2.49. The molecule has 2 aromatic carbocycles. The van der Waals surface area contributed by atoms with Crippen molar-refractivity contribution < 1.29 is 19.1 Å². The van der Waals surface area contributed by atoms with Gasteiger partial charge < -0.3 is 19.7 Å². The number of carbonyl (C=O) groups excluding carboxylic acids is 2. The third kappa shape index (κ3) is 4.85. The number of para-hydroxylation sites is 1. The van der Waals surface area contributed by atoms with Crippen molar-refractivity contribution in [2.24, 2.45) is 0 Å². The summed E-state index contributed by atoms with van der Waals surface area (Å²) in [7, 11) is 3.19. The Balaban J connectivity index is 1.60. The van der Waals surface area contributed by atoms with Gasteiger partial charge in [0.05, 0.1) is 25.2 Å². The van der Waals surface area contributed by atoms with Crippen LogP contribution < -0.4 is 19.7 Å². The van der Waals surface area contributed by atoms with Crippen LogP contribution in [0, 0.1) is 0 Å². The molecule has 0 radical (unpaired) electrons. The van der Waals surface area contributed by atoms with Crippen molar-refractivity contribution in [3.05, 3.63) is 48.0 Å². The predicted molar refractivity (Wildman–Crippen MR) is 115 cm³/mol. The van der Waals surface area contributed by atoms with Gasteiger partial charge in [0, 0.05) is 11.4 Å². The van der Waals surface area contributed by atoms with E-state index in [1.807, 2.05) is 49.4 Å². The fourth-order valence-corrected chi connectivity index (χ4v) is 4.44. The molecular weight excluding hydrogens is 388 g/mol. The Hall–Kier alpha value is -2.67. The Morgan fingerprint density at radius 3 is 2.62 bits per heavy atom. The normalized spacial score (nSPS) is 15.6. The number of methoxy groups -OCH3 is 2. The maximum Gasteiger partial charge on any atom is 0.240 e. The number of carbonyl (C=O) groups is 2. The average molecular weight is 415 g/mol. The third-order valence-electron chi connectivity index (χ3n) is 4.82. The van der Waals surface area contributed by atoms with Gasteiger partial charge in [0.1, 0.15) is 6.54 Å². The van der Waals surface area contributed by atoms with Crippen molar-refractivity contribution in [3.8, 4) is 11.5 Å². The molecule has 0 spiro atoms. The van der Waals surface area contributed by atoms with E-state index in [-0.39, 0.29) is 23.6 Å². The van der Waals surface area contributed by atoms with Gasteiger partial charge in [-0.2, -0.15) is 0 Å². The highest BCUT2D eigenvalue weighted by Gasteiger charge is 2.33. The van der Waals surface area contributed by atoms with Crippen LogP contribution in [0.5, 0.6) is 11.5 Å². The highest BCUT2D eigenvalue weighted by Crippen LogP contribution is 2.39.